The molecule has 214 valence electrons. The van der Waals surface area contributed by atoms with Gasteiger partial charge in [-0.3, -0.25) is 0 Å². The van der Waals surface area contributed by atoms with Crippen LogP contribution in [0.1, 0.15) is 10.4 Å². The summed E-state index contributed by atoms with van der Waals surface area (Å²) in [7, 11) is 1.58. The highest BCUT2D eigenvalue weighted by molar-refractivity contribution is 7.81. The van der Waals surface area contributed by atoms with Gasteiger partial charge < -0.3 is 43.0 Å². The molecule has 0 fully saturated rings. The number of halogens is 3. The van der Waals surface area contributed by atoms with Crippen molar-refractivity contribution in [3.05, 3.63) is 23.8 Å². The highest BCUT2D eigenvalue weighted by Gasteiger charge is 2.36. The van der Waals surface area contributed by atoms with Crippen LogP contribution >= 0.6 is 12.6 Å². The third-order valence-corrected chi connectivity index (χ3v) is 4.54. The Morgan fingerprint density at radius 3 is 1.76 bits per heavy atom. The molecule has 0 radical (unpaired) electrons. The van der Waals surface area contributed by atoms with E-state index in [9.17, 15) is 18.0 Å². The third kappa shape index (κ3) is 16.6. The largest absolute Gasteiger partial charge is 0.491 e. The molecule has 0 heterocycles. The molecule has 0 aromatic heterocycles. The summed E-state index contributed by atoms with van der Waals surface area (Å²) in [5.74, 6) is -0.607. The van der Waals surface area contributed by atoms with Gasteiger partial charge in [0.25, 0.3) is 0 Å². The lowest BCUT2D eigenvalue weighted by Gasteiger charge is -2.16. The second kappa shape index (κ2) is 20.2. The fourth-order valence-corrected chi connectivity index (χ4v) is 2.55. The lowest BCUT2D eigenvalue weighted by atomic mass is 10.2. The van der Waals surface area contributed by atoms with Gasteiger partial charge in [0.1, 0.15) is 31.3 Å². The second-order valence-electron chi connectivity index (χ2n) is 7.21. The van der Waals surface area contributed by atoms with E-state index in [-0.39, 0.29) is 56.7 Å². The standard InChI is InChI=1S/C23H35F3O10S/c1-29-4-5-31-8-9-33-11-13-35-20-15-18(22(28)36-17-21(24)23(25,26)37)14-19(16-20)34-12-10-32-7-6-30-3-2-27/h14-16,21,27,37H,2-13,17H2,1H3. The smallest absolute Gasteiger partial charge is 0.338 e. The normalized spacial score (nSPS) is 12.4. The second-order valence-corrected chi connectivity index (χ2v) is 7.81. The summed E-state index contributed by atoms with van der Waals surface area (Å²) in [6, 6.07) is 4.12. The van der Waals surface area contributed by atoms with Crippen molar-refractivity contribution >= 4 is 18.6 Å². The van der Waals surface area contributed by atoms with E-state index in [1.807, 2.05) is 0 Å². The summed E-state index contributed by atoms with van der Waals surface area (Å²) >= 11 is 2.84. The van der Waals surface area contributed by atoms with Crippen molar-refractivity contribution in [2.45, 2.75) is 11.4 Å². The summed E-state index contributed by atoms with van der Waals surface area (Å²) in [5.41, 5.74) is -0.0898. The first-order chi connectivity index (χ1) is 17.8. The van der Waals surface area contributed by atoms with Crippen LogP contribution in [0.2, 0.25) is 0 Å². The number of aliphatic hydroxyl groups is 1. The van der Waals surface area contributed by atoms with Crippen LogP contribution in [-0.4, -0.2) is 116 Å². The molecule has 0 aliphatic heterocycles. The molecular formula is C23H35F3O10S. The molecule has 1 aromatic rings. The highest BCUT2D eigenvalue weighted by Crippen LogP contribution is 2.27. The SMILES string of the molecule is COCCOCCOCCOc1cc(OCCOCCOCCO)cc(C(=O)OCC(F)C(F)(F)S)c1. The number of thiol groups is 1. The number of esters is 1. The van der Waals surface area contributed by atoms with Gasteiger partial charge in [-0.05, 0) is 12.1 Å². The van der Waals surface area contributed by atoms with Crippen LogP contribution in [0.3, 0.4) is 0 Å². The van der Waals surface area contributed by atoms with E-state index in [1.165, 1.54) is 18.2 Å². The average Bonchev–Trinajstić information content (AvgIpc) is 2.87. The van der Waals surface area contributed by atoms with E-state index in [4.69, 9.17) is 38.3 Å². The minimum absolute atomic E-state index is 0.0786. The van der Waals surface area contributed by atoms with Crippen LogP contribution < -0.4 is 9.47 Å². The maximum atomic E-state index is 13.4. The Morgan fingerprint density at radius 1 is 0.838 bits per heavy atom. The Kier molecular flexibility index (Phi) is 18.1. The monoisotopic (exact) mass is 560 g/mol. The molecule has 0 bridgehead atoms. The number of aliphatic hydroxyl groups excluding tert-OH is 1. The summed E-state index contributed by atoms with van der Waals surface area (Å²) in [4.78, 5) is 12.3. The number of methoxy groups -OCH3 is 1. The minimum atomic E-state index is -3.95. The molecule has 1 atom stereocenters. The van der Waals surface area contributed by atoms with E-state index in [1.54, 1.807) is 7.11 Å². The maximum absolute atomic E-state index is 13.4. The van der Waals surface area contributed by atoms with E-state index in [0.717, 1.165) is 0 Å². The molecule has 0 aliphatic carbocycles. The van der Waals surface area contributed by atoms with Gasteiger partial charge in [0, 0.05) is 13.2 Å². The molecular weight excluding hydrogens is 525 g/mol. The number of hydrogen-bond acceptors (Lipinski definition) is 11. The molecule has 0 aliphatic rings. The summed E-state index contributed by atoms with van der Waals surface area (Å²) in [6.45, 7) is 1.91. The number of carbonyl (C=O) groups excluding carboxylic acids is 1. The lowest BCUT2D eigenvalue weighted by Crippen LogP contribution is -2.29. The van der Waals surface area contributed by atoms with E-state index in [0.29, 0.717) is 39.6 Å². The number of hydrogen-bond donors (Lipinski definition) is 2. The molecule has 14 heteroatoms. The topological polar surface area (TPSA) is 111 Å². The minimum Gasteiger partial charge on any atom is -0.491 e. The Labute approximate surface area is 219 Å². The molecule has 0 spiro atoms. The van der Waals surface area contributed by atoms with Crippen molar-refractivity contribution in [3.8, 4) is 11.5 Å². The van der Waals surface area contributed by atoms with Gasteiger partial charge in [-0.2, -0.15) is 8.78 Å². The van der Waals surface area contributed by atoms with Gasteiger partial charge in [-0.1, -0.05) is 0 Å². The summed E-state index contributed by atoms with van der Waals surface area (Å²) < 4.78 is 81.0. The van der Waals surface area contributed by atoms with E-state index >= 15 is 0 Å². The Hall–Kier alpha value is -1.81. The number of rotatable bonds is 23. The predicted molar refractivity (Wildman–Crippen MR) is 129 cm³/mol. The van der Waals surface area contributed by atoms with Gasteiger partial charge in [-0.15, -0.1) is 12.6 Å². The van der Waals surface area contributed by atoms with Crippen molar-refractivity contribution in [2.75, 3.05) is 93.0 Å². The molecule has 1 N–H and O–H groups in total. The van der Waals surface area contributed by atoms with Crippen molar-refractivity contribution in [1.82, 2.24) is 0 Å². The molecule has 1 aromatic carbocycles. The zero-order valence-corrected chi connectivity index (χ0v) is 21.6. The Morgan fingerprint density at radius 2 is 1.30 bits per heavy atom. The molecule has 1 unspecified atom stereocenters. The van der Waals surface area contributed by atoms with Crippen LogP contribution in [0.5, 0.6) is 11.5 Å². The van der Waals surface area contributed by atoms with Crippen LogP contribution in [0.4, 0.5) is 13.2 Å². The molecule has 10 nitrogen and oxygen atoms in total. The van der Waals surface area contributed by atoms with Gasteiger partial charge in [0.15, 0.2) is 0 Å². The van der Waals surface area contributed by atoms with E-state index in [2.05, 4.69) is 17.4 Å². The number of ether oxygens (including phenoxy) is 8. The van der Waals surface area contributed by atoms with Crippen molar-refractivity contribution in [1.29, 1.82) is 0 Å². The lowest BCUT2D eigenvalue weighted by molar-refractivity contribution is -0.0229. The van der Waals surface area contributed by atoms with Gasteiger partial charge in [0.2, 0.25) is 6.17 Å². The first-order valence-corrected chi connectivity index (χ1v) is 12.0. The van der Waals surface area contributed by atoms with Crippen molar-refractivity contribution in [3.63, 3.8) is 0 Å². The molecule has 0 amide bonds. The number of benzene rings is 1. The highest BCUT2D eigenvalue weighted by atomic mass is 32.1. The first kappa shape index (κ1) is 33.2. The third-order valence-electron chi connectivity index (χ3n) is 4.26. The van der Waals surface area contributed by atoms with E-state index < -0.39 is 24.0 Å². The summed E-state index contributed by atoms with van der Waals surface area (Å²) in [6.07, 6.45) is -2.77. The van der Waals surface area contributed by atoms with Crippen LogP contribution in [0.25, 0.3) is 0 Å². The first-order valence-electron chi connectivity index (χ1n) is 11.5. The zero-order chi connectivity index (χ0) is 27.4. The summed E-state index contributed by atoms with van der Waals surface area (Å²) in [5, 5.41) is 4.69. The Bertz CT molecular complexity index is 739. The van der Waals surface area contributed by atoms with Gasteiger partial charge >= 0.3 is 11.2 Å². The average molecular weight is 561 g/mol. The molecule has 1 rings (SSSR count). The maximum Gasteiger partial charge on any atom is 0.338 e. The van der Waals surface area contributed by atoms with Crippen molar-refractivity contribution in [2.24, 2.45) is 0 Å². The molecule has 37 heavy (non-hydrogen) atoms. The van der Waals surface area contributed by atoms with Gasteiger partial charge in [-0.25, -0.2) is 9.18 Å². The fourth-order valence-electron chi connectivity index (χ4n) is 2.48. The molecule has 0 saturated carbocycles. The number of alkyl halides is 3. The number of carbonyl (C=O) groups is 1. The van der Waals surface area contributed by atoms with Crippen LogP contribution in [-0.2, 0) is 28.4 Å². The predicted octanol–water partition coefficient (Wildman–Crippen LogP) is 2.17. The van der Waals surface area contributed by atoms with Crippen molar-refractivity contribution < 1.29 is 61.0 Å². The van der Waals surface area contributed by atoms with Crippen LogP contribution in [0, 0.1) is 0 Å². The van der Waals surface area contributed by atoms with Crippen LogP contribution in [0.15, 0.2) is 18.2 Å². The quantitative estimate of drug-likeness (QED) is 0.117. The molecule has 0 saturated heterocycles. The fraction of sp³-hybridized carbons (Fsp3) is 0.696. The zero-order valence-electron chi connectivity index (χ0n) is 20.7. The van der Waals surface area contributed by atoms with Gasteiger partial charge in [0.05, 0.1) is 71.6 Å². The Balaban J connectivity index is 2.60.